The minimum atomic E-state index is -0.677. The second kappa shape index (κ2) is 5.50. The Morgan fingerprint density at radius 3 is 2.60 bits per heavy atom. The molecule has 1 aromatic heterocycles. The standard InChI is InChI=1S/C9H14N2O4/c10-3-7-1-2-8(15-7)9(14)11-6(4-12)5-13/h1-2,6,12-13H,3-5,10H2,(H,11,14). The lowest BCUT2D eigenvalue weighted by Gasteiger charge is -2.11. The summed E-state index contributed by atoms with van der Waals surface area (Å²) in [6, 6.07) is 2.41. The molecule has 1 heterocycles. The van der Waals surface area contributed by atoms with Gasteiger partial charge in [0.1, 0.15) is 5.76 Å². The minimum absolute atomic E-state index is 0.113. The lowest BCUT2D eigenvalue weighted by Crippen LogP contribution is -2.39. The molecular weight excluding hydrogens is 200 g/mol. The molecule has 1 amide bonds. The van der Waals surface area contributed by atoms with Gasteiger partial charge in [-0.15, -0.1) is 0 Å². The van der Waals surface area contributed by atoms with Crippen LogP contribution >= 0.6 is 0 Å². The van der Waals surface area contributed by atoms with E-state index in [0.29, 0.717) is 5.76 Å². The number of carbonyl (C=O) groups excluding carboxylic acids is 1. The molecule has 0 unspecified atom stereocenters. The van der Waals surface area contributed by atoms with Crippen LogP contribution in [0.2, 0.25) is 0 Å². The van der Waals surface area contributed by atoms with E-state index in [1.165, 1.54) is 6.07 Å². The maximum absolute atomic E-state index is 11.4. The Balaban J connectivity index is 2.60. The van der Waals surface area contributed by atoms with Crippen LogP contribution in [0, 0.1) is 0 Å². The van der Waals surface area contributed by atoms with Gasteiger partial charge in [0.25, 0.3) is 5.91 Å². The van der Waals surface area contributed by atoms with Gasteiger partial charge in [-0.25, -0.2) is 0 Å². The van der Waals surface area contributed by atoms with Gasteiger partial charge in [0.05, 0.1) is 25.8 Å². The van der Waals surface area contributed by atoms with Crippen molar-refractivity contribution >= 4 is 5.91 Å². The monoisotopic (exact) mass is 214 g/mol. The molecule has 0 bridgehead atoms. The van der Waals surface area contributed by atoms with Gasteiger partial charge in [-0.05, 0) is 12.1 Å². The SMILES string of the molecule is NCc1ccc(C(=O)NC(CO)CO)o1. The molecule has 0 spiro atoms. The largest absolute Gasteiger partial charge is 0.455 e. The van der Waals surface area contributed by atoms with E-state index in [0.717, 1.165) is 0 Å². The summed E-state index contributed by atoms with van der Waals surface area (Å²) in [7, 11) is 0. The van der Waals surface area contributed by atoms with Crippen LogP contribution in [0.5, 0.6) is 0 Å². The molecule has 0 saturated heterocycles. The topological polar surface area (TPSA) is 109 Å². The van der Waals surface area contributed by atoms with Crippen LogP contribution in [-0.4, -0.2) is 35.4 Å². The number of nitrogens with one attached hydrogen (secondary N) is 1. The first-order chi connectivity index (χ1) is 7.21. The van der Waals surface area contributed by atoms with Gasteiger partial charge in [-0.3, -0.25) is 4.79 Å². The molecule has 0 radical (unpaired) electrons. The van der Waals surface area contributed by atoms with Gasteiger partial charge in [0.15, 0.2) is 5.76 Å². The highest BCUT2D eigenvalue weighted by molar-refractivity contribution is 5.91. The summed E-state index contributed by atoms with van der Waals surface area (Å²) in [4.78, 5) is 11.4. The van der Waals surface area contributed by atoms with Gasteiger partial charge in [0.2, 0.25) is 0 Å². The van der Waals surface area contributed by atoms with Crippen molar-refractivity contribution in [2.24, 2.45) is 5.73 Å². The molecule has 5 N–H and O–H groups in total. The fourth-order valence-electron chi connectivity index (χ4n) is 1.02. The van der Waals surface area contributed by atoms with E-state index in [9.17, 15) is 4.79 Å². The number of hydrogen-bond acceptors (Lipinski definition) is 5. The molecule has 0 aliphatic carbocycles. The van der Waals surface area contributed by atoms with Crippen molar-refractivity contribution in [3.8, 4) is 0 Å². The Morgan fingerprint density at radius 2 is 2.13 bits per heavy atom. The first-order valence-corrected chi connectivity index (χ1v) is 4.52. The zero-order chi connectivity index (χ0) is 11.3. The minimum Gasteiger partial charge on any atom is -0.455 e. The third kappa shape index (κ3) is 3.05. The summed E-state index contributed by atoms with van der Waals surface area (Å²) < 4.78 is 5.08. The van der Waals surface area contributed by atoms with Crippen molar-refractivity contribution in [3.05, 3.63) is 23.7 Å². The van der Waals surface area contributed by atoms with Crippen LogP contribution in [-0.2, 0) is 6.54 Å². The molecule has 0 aromatic carbocycles. The summed E-state index contributed by atoms with van der Waals surface area (Å²) in [6.45, 7) is -0.434. The van der Waals surface area contributed by atoms with Gasteiger partial charge in [-0.2, -0.15) is 0 Å². The average molecular weight is 214 g/mol. The average Bonchev–Trinajstić information content (AvgIpc) is 2.74. The van der Waals surface area contributed by atoms with E-state index >= 15 is 0 Å². The van der Waals surface area contributed by atoms with Crippen LogP contribution in [0.15, 0.2) is 16.5 Å². The first-order valence-electron chi connectivity index (χ1n) is 4.52. The maximum atomic E-state index is 11.4. The van der Waals surface area contributed by atoms with Crippen molar-refractivity contribution in [2.75, 3.05) is 13.2 Å². The summed E-state index contributed by atoms with van der Waals surface area (Å²) in [5.74, 6) is 0.134. The number of nitrogens with two attached hydrogens (primary N) is 1. The summed E-state index contributed by atoms with van der Waals surface area (Å²) in [5.41, 5.74) is 5.31. The van der Waals surface area contributed by atoms with Crippen LogP contribution in [0.1, 0.15) is 16.3 Å². The number of amides is 1. The van der Waals surface area contributed by atoms with Gasteiger partial charge in [0, 0.05) is 0 Å². The normalized spacial score (nSPS) is 10.7. The number of hydrogen-bond donors (Lipinski definition) is 4. The molecule has 15 heavy (non-hydrogen) atoms. The first kappa shape index (κ1) is 11.7. The van der Waals surface area contributed by atoms with E-state index in [1.807, 2.05) is 0 Å². The molecular formula is C9H14N2O4. The van der Waals surface area contributed by atoms with Crippen LogP contribution < -0.4 is 11.1 Å². The second-order valence-corrected chi connectivity index (χ2v) is 3.01. The zero-order valence-corrected chi connectivity index (χ0v) is 8.14. The van der Waals surface area contributed by atoms with Crippen molar-refractivity contribution in [2.45, 2.75) is 12.6 Å². The molecule has 0 aliphatic heterocycles. The zero-order valence-electron chi connectivity index (χ0n) is 8.14. The van der Waals surface area contributed by atoms with Crippen molar-refractivity contribution in [1.29, 1.82) is 0 Å². The molecule has 0 saturated carbocycles. The lowest BCUT2D eigenvalue weighted by atomic mass is 10.3. The van der Waals surface area contributed by atoms with Gasteiger partial charge >= 0.3 is 0 Å². The second-order valence-electron chi connectivity index (χ2n) is 3.01. The summed E-state index contributed by atoms with van der Waals surface area (Å²) in [5, 5.41) is 19.9. The van der Waals surface area contributed by atoms with Gasteiger partial charge in [-0.1, -0.05) is 0 Å². The number of rotatable bonds is 5. The molecule has 0 fully saturated rings. The molecule has 0 atom stereocenters. The molecule has 6 nitrogen and oxygen atoms in total. The Labute approximate surface area is 86.7 Å². The lowest BCUT2D eigenvalue weighted by molar-refractivity contribution is 0.0850. The molecule has 84 valence electrons. The van der Waals surface area contributed by atoms with Crippen molar-refractivity contribution in [3.63, 3.8) is 0 Å². The predicted molar refractivity (Wildman–Crippen MR) is 52.0 cm³/mol. The highest BCUT2D eigenvalue weighted by Crippen LogP contribution is 2.06. The fraction of sp³-hybridized carbons (Fsp3) is 0.444. The Kier molecular flexibility index (Phi) is 4.29. The number of furan rings is 1. The number of aliphatic hydroxyl groups excluding tert-OH is 2. The molecule has 6 heteroatoms. The highest BCUT2D eigenvalue weighted by atomic mass is 16.4. The van der Waals surface area contributed by atoms with E-state index in [1.54, 1.807) is 6.07 Å². The third-order valence-corrected chi connectivity index (χ3v) is 1.86. The highest BCUT2D eigenvalue weighted by Gasteiger charge is 2.14. The third-order valence-electron chi connectivity index (χ3n) is 1.86. The van der Waals surface area contributed by atoms with E-state index in [4.69, 9.17) is 20.4 Å². The smallest absolute Gasteiger partial charge is 0.287 e. The number of carbonyl (C=O) groups is 1. The van der Waals surface area contributed by atoms with Crippen LogP contribution in [0.4, 0.5) is 0 Å². The van der Waals surface area contributed by atoms with Crippen LogP contribution in [0.25, 0.3) is 0 Å². The van der Waals surface area contributed by atoms with Crippen molar-refractivity contribution in [1.82, 2.24) is 5.32 Å². The Bertz CT molecular complexity index is 320. The molecule has 0 aliphatic rings. The van der Waals surface area contributed by atoms with Crippen molar-refractivity contribution < 1.29 is 19.4 Å². The van der Waals surface area contributed by atoms with E-state index in [2.05, 4.69) is 5.32 Å². The maximum Gasteiger partial charge on any atom is 0.287 e. The fourth-order valence-corrected chi connectivity index (χ4v) is 1.02. The Morgan fingerprint density at radius 1 is 1.47 bits per heavy atom. The van der Waals surface area contributed by atoms with Gasteiger partial charge < -0.3 is 25.7 Å². The predicted octanol–water partition coefficient (Wildman–Crippen LogP) is -1.18. The summed E-state index contributed by atoms with van der Waals surface area (Å²) >= 11 is 0. The number of aliphatic hydroxyl groups is 2. The quantitative estimate of drug-likeness (QED) is 0.493. The molecule has 1 aromatic rings. The summed E-state index contributed by atoms with van der Waals surface area (Å²) in [6.07, 6.45) is 0. The van der Waals surface area contributed by atoms with E-state index in [-0.39, 0.29) is 25.5 Å². The molecule has 1 rings (SSSR count). The van der Waals surface area contributed by atoms with Crippen LogP contribution in [0.3, 0.4) is 0 Å². The van der Waals surface area contributed by atoms with E-state index < -0.39 is 11.9 Å². The Hall–Kier alpha value is -1.37.